The average molecular weight is 448 g/mol. The lowest BCUT2D eigenvalue weighted by Gasteiger charge is -2.13. The van der Waals surface area contributed by atoms with E-state index in [2.05, 4.69) is 9.82 Å². The summed E-state index contributed by atoms with van der Waals surface area (Å²) < 4.78 is 39.4. The Bertz CT molecular complexity index is 1270. The Hall–Kier alpha value is -2.98. The van der Waals surface area contributed by atoms with Crippen LogP contribution in [0.5, 0.6) is 0 Å². The van der Waals surface area contributed by atoms with Gasteiger partial charge in [0.25, 0.3) is 5.56 Å². The molecule has 1 aromatic heterocycles. The number of benzene rings is 2. The van der Waals surface area contributed by atoms with Crippen molar-refractivity contribution < 1.29 is 17.6 Å². The Kier molecular flexibility index (Phi) is 6.09. The Morgan fingerprint density at radius 1 is 1.10 bits per heavy atom. The van der Waals surface area contributed by atoms with Crippen molar-refractivity contribution in [3.63, 3.8) is 0 Å². The van der Waals surface area contributed by atoms with Gasteiger partial charge in [-0.05, 0) is 61.0 Å². The second-order valence-corrected chi connectivity index (χ2v) is 9.39. The van der Waals surface area contributed by atoms with E-state index in [0.717, 1.165) is 22.7 Å². The van der Waals surface area contributed by atoms with E-state index in [4.69, 9.17) is 0 Å². The quantitative estimate of drug-likeness (QED) is 0.582. The minimum Gasteiger partial charge on any atom is -0.293 e. The fourth-order valence-corrected chi connectivity index (χ4v) is 4.22. The van der Waals surface area contributed by atoms with Crippen molar-refractivity contribution in [1.82, 2.24) is 9.78 Å². The number of Topliss-reactive ketones (excluding diaryl/α,β-unsaturated/α-hetero) is 1. The third-order valence-corrected chi connectivity index (χ3v) is 5.86. The van der Waals surface area contributed by atoms with Crippen molar-refractivity contribution in [2.24, 2.45) is 0 Å². The maximum Gasteiger partial charge on any atom is 0.285 e. The van der Waals surface area contributed by atoms with Crippen LogP contribution in [0.15, 0.2) is 63.1 Å². The average Bonchev–Trinajstić information content (AvgIpc) is 2.66. The highest BCUT2D eigenvalue weighted by molar-refractivity contribution is 7.99. The number of nitrogens with one attached hydrogen (secondary N) is 1. The summed E-state index contributed by atoms with van der Waals surface area (Å²) in [6.07, 6.45) is 1.05. The van der Waals surface area contributed by atoms with E-state index < -0.39 is 21.4 Å². The highest BCUT2D eigenvalue weighted by Gasteiger charge is 2.19. The fourth-order valence-electron chi connectivity index (χ4n) is 2.72. The highest BCUT2D eigenvalue weighted by Crippen LogP contribution is 2.30. The van der Waals surface area contributed by atoms with Gasteiger partial charge in [0.1, 0.15) is 11.5 Å². The van der Waals surface area contributed by atoms with Gasteiger partial charge in [-0.15, -0.1) is 0 Å². The molecule has 0 saturated carbocycles. The molecule has 0 amide bonds. The Labute approximate surface area is 177 Å². The molecule has 0 spiro atoms. The van der Waals surface area contributed by atoms with Gasteiger partial charge in [-0.3, -0.25) is 14.3 Å². The first kappa shape index (κ1) is 21.7. The second-order valence-electron chi connectivity index (χ2n) is 6.55. The summed E-state index contributed by atoms with van der Waals surface area (Å²) in [6, 6.07) is 11.7. The van der Waals surface area contributed by atoms with Crippen LogP contribution < -0.4 is 10.3 Å². The first-order chi connectivity index (χ1) is 14.0. The normalized spacial score (nSPS) is 11.3. The van der Waals surface area contributed by atoms with Crippen LogP contribution in [0.3, 0.4) is 0 Å². The highest BCUT2D eigenvalue weighted by atomic mass is 32.2. The second kappa shape index (κ2) is 8.41. The summed E-state index contributed by atoms with van der Waals surface area (Å²) >= 11 is 1.13. The number of sulfonamides is 1. The molecule has 0 radical (unpaired) electrons. The fraction of sp³-hybridized carbons (Fsp3) is 0.150. The Balaban J connectivity index is 2.06. The summed E-state index contributed by atoms with van der Waals surface area (Å²) in [6.45, 7) is 3.00. The lowest BCUT2D eigenvalue weighted by molar-refractivity contribution is 0.101. The molecule has 30 heavy (non-hydrogen) atoms. The van der Waals surface area contributed by atoms with E-state index in [1.807, 2.05) is 0 Å². The standard InChI is InChI=1S/C20H18FN3O4S2/c1-12-18(13(2)25)22-24(16-8-4-14(21)5-9-16)20(26)19(12)29-17-10-6-15(7-11-17)23-30(3,27)28/h4-11,23H,1-3H3. The van der Waals surface area contributed by atoms with Crippen molar-refractivity contribution in [2.75, 3.05) is 11.0 Å². The van der Waals surface area contributed by atoms with Gasteiger partial charge in [0.15, 0.2) is 5.78 Å². The van der Waals surface area contributed by atoms with E-state index in [0.29, 0.717) is 26.7 Å². The minimum absolute atomic E-state index is 0.136. The summed E-state index contributed by atoms with van der Waals surface area (Å²) in [5.74, 6) is -0.763. The molecule has 2 aromatic carbocycles. The molecule has 0 aliphatic rings. The first-order valence-corrected chi connectivity index (χ1v) is 11.4. The van der Waals surface area contributed by atoms with Crippen molar-refractivity contribution in [1.29, 1.82) is 0 Å². The zero-order valence-electron chi connectivity index (χ0n) is 16.3. The van der Waals surface area contributed by atoms with Crippen LogP contribution in [-0.2, 0) is 10.0 Å². The molecular weight excluding hydrogens is 429 g/mol. The topological polar surface area (TPSA) is 98.1 Å². The first-order valence-electron chi connectivity index (χ1n) is 8.71. The molecule has 0 unspecified atom stereocenters. The molecule has 0 fully saturated rings. The number of hydrogen-bond donors (Lipinski definition) is 1. The minimum atomic E-state index is -3.40. The van der Waals surface area contributed by atoms with Gasteiger partial charge in [-0.25, -0.2) is 12.8 Å². The number of nitrogens with zero attached hydrogens (tertiary/aromatic N) is 2. The molecular formula is C20H18FN3O4S2. The molecule has 0 aliphatic heterocycles. The Morgan fingerprint density at radius 2 is 1.70 bits per heavy atom. The predicted octanol–water partition coefficient (Wildman–Crippen LogP) is 3.41. The number of hydrogen-bond acceptors (Lipinski definition) is 6. The van der Waals surface area contributed by atoms with Crippen molar-refractivity contribution in [2.45, 2.75) is 23.6 Å². The van der Waals surface area contributed by atoms with Crippen molar-refractivity contribution in [3.05, 3.63) is 76.0 Å². The van der Waals surface area contributed by atoms with Gasteiger partial charge >= 0.3 is 0 Å². The molecule has 156 valence electrons. The molecule has 3 aromatic rings. The third kappa shape index (κ3) is 4.95. The van der Waals surface area contributed by atoms with Crippen LogP contribution in [-0.4, -0.2) is 30.2 Å². The van der Waals surface area contributed by atoms with E-state index in [-0.39, 0.29) is 11.5 Å². The van der Waals surface area contributed by atoms with Crippen molar-refractivity contribution in [3.8, 4) is 5.69 Å². The van der Waals surface area contributed by atoms with E-state index in [1.54, 1.807) is 31.2 Å². The van der Waals surface area contributed by atoms with Crippen LogP contribution in [0.2, 0.25) is 0 Å². The monoisotopic (exact) mass is 447 g/mol. The number of ketones is 1. The summed E-state index contributed by atoms with van der Waals surface area (Å²) in [5, 5.41) is 4.17. The van der Waals surface area contributed by atoms with E-state index >= 15 is 0 Å². The summed E-state index contributed by atoms with van der Waals surface area (Å²) in [5.41, 5.74) is 0.846. The van der Waals surface area contributed by atoms with Gasteiger partial charge in [0, 0.05) is 17.5 Å². The van der Waals surface area contributed by atoms with Crippen LogP contribution >= 0.6 is 11.8 Å². The SMILES string of the molecule is CC(=O)c1nn(-c2ccc(F)cc2)c(=O)c(Sc2ccc(NS(C)(=O)=O)cc2)c1C. The zero-order chi connectivity index (χ0) is 22.1. The molecule has 0 atom stereocenters. The number of aromatic nitrogens is 2. The lowest BCUT2D eigenvalue weighted by atomic mass is 10.2. The lowest BCUT2D eigenvalue weighted by Crippen LogP contribution is -2.26. The van der Waals surface area contributed by atoms with Crippen LogP contribution in [0.1, 0.15) is 23.0 Å². The van der Waals surface area contributed by atoms with Crippen LogP contribution in [0.25, 0.3) is 5.69 Å². The Morgan fingerprint density at radius 3 is 2.23 bits per heavy atom. The molecule has 3 rings (SSSR count). The maximum atomic E-state index is 13.3. The molecule has 10 heteroatoms. The van der Waals surface area contributed by atoms with Gasteiger partial charge in [0.2, 0.25) is 10.0 Å². The molecule has 1 N–H and O–H groups in total. The third-order valence-electron chi connectivity index (χ3n) is 4.06. The number of carbonyl (C=O) groups is 1. The van der Waals surface area contributed by atoms with E-state index in [1.165, 1.54) is 31.2 Å². The van der Waals surface area contributed by atoms with Gasteiger partial charge in [-0.1, -0.05) is 11.8 Å². The summed E-state index contributed by atoms with van der Waals surface area (Å²) in [4.78, 5) is 26.1. The van der Waals surface area contributed by atoms with Crippen molar-refractivity contribution >= 4 is 33.3 Å². The van der Waals surface area contributed by atoms with Gasteiger partial charge in [-0.2, -0.15) is 9.78 Å². The molecule has 0 bridgehead atoms. The number of carbonyl (C=O) groups excluding carboxylic acids is 1. The number of anilines is 1. The molecule has 7 nitrogen and oxygen atoms in total. The number of halogens is 1. The van der Waals surface area contributed by atoms with E-state index in [9.17, 15) is 22.4 Å². The smallest absolute Gasteiger partial charge is 0.285 e. The predicted molar refractivity (Wildman–Crippen MR) is 114 cm³/mol. The maximum absolute atomic E-state index is 13.3. The van der Waals surface area contributed by atoms with Crippen LogP contribution in [0.4, 0.5) is 10.1 Å². The summed E-state index contributed by atoms with van der Waals surface area (Å²) in [7, 11) is -3.40. The molecule has 0 saturated heterocycles. The largest absolute Gasteiger partial charge is 0.293 e. The molecule has 1 heterocycles. The zero-order valence-corrected chi connectivity index (χ0v) is 18.0. The molecule has 0 aliphatic carbocycles. The van der Waals surface area contributed by atoms with Gasteiger partial charge < -0.3 is 0 Å². The number of rotatable bonds is 6. The van der Waals surface area contributed by atoms with Crippen LogP contribution in [0, 0.1) is 12.7 Å². The van der Waals surface area contributed by atoms with Gasteiger partial charge in [0.05, 0.1) is 16.8 Å².